The van der Waals surface area contributed by atoms with Gasteiger partial charge >= 0.3 is 11.9 Å². The number of pyridine rings is 2. The summed E-state index contributed by atoms with van der Waals surface area (Å²) in [6, 6.07) is 11.2. The molecule has 10 heteroatoms. The number of rotatable bonds is 10. The molecule has 33 heavy (non-hydrogen) atoms. The topological polar surface area (TPSA) is 104 Å². The van der Waals surface area contributed by atoms with Crippen molar-refractivity contribution in [2.45, 2.75) is 19.3 Å². The predicted molar refractivity (Wildman–Crippen MR) is 125 cm³/mol. The standard InChI is InChI=1S/C23H20N4O4S2/c28-20(12-16-14-32-22(26-16)18-6-1-3-8-24-18)30-10-5-11-31-21(29)13-17-15-33-23(27-17)19-7-2-4-9-25-19/h1-4,6-9,14-15H,5,10-13H2. The molecule has 0 aliphatic heterocycles. The first-order chi connectivity index (χ1) is 16.2. The molecule has 4 aromatic rings. The zero-order valence-corrected chi connectivity index (χ0v) is 19.2. The number of aromatic nitrogens is 4. The van der Waals surface area contributed by atoms with E-state index in [1.807, 2.05) is 47.2 Å². The zero-order valence-electron chi connectivity index (χ0n) is 17.5. The summed E-state index contributed by atoms with van der Waals surface area (Å²) >= 11 is 2.87. The fourth-order valence-electron chi connectivity index (χ4n) is 2.82. The van der Waals surface area contributed by atoms with Crippen LogP contribution in [0.3, 0.4) is 0 Å². The molecule has 0 amide bonds. The molecule has 0 N–H and O–H groups in total. The Kier molecular flexibility index (Phi) is 7.83. The summed E-state index contributed by atoms with van der Waals surface area (Å²) in [5.41, 5.74) is 2.83. The van der Waals surface area contributed by atoms with Crippen LogP contribution in [0.4, 0.5) is 0 Å². The van der Waals surface area contributed by atoms with Gasteiger partial charge in [0.15, 0.2) is 0 Å². The van der Waals surface area contributed by atoms with Gasteiger partial charge in [-0.2, -0.15) is 0 Å². The lowest BCUT2D eigenvalue weighted by molar-refractivity contribution is -0.145. The van der Waals surface area contributed by atoms with Crippen molar-refractivity contribution in [2.24, 2.45) is 0 Å². The van der Waals surface area contributed by atoms with E-state index < -0.39 is 0 Å². The maximum atomic E-state index is 12.0. The van der Waals surface area contributed by atoms with Crippen molar-refractivity contribution in [3.8, 4) is 21.4 Å². The number of hydrogen-bond donors (Lipinski definition) is 0. The number of thiazole rings is 2. The Bertz CT molecular complexity index is 1100. The lowest BCUT2D eigenvalue weighted by Crippen LogP contribution is -2.13. The van der Waals surface area contributed by atoms with E-state index in [0.29, 0.717) is 17.8 Å². The molecule has 0 atom stereocenters. The van der Waals surface area contributed by atoms with E-state index in [2.05, 4.69) is 19.9 Å². The molecule has 0 aliphatic rings. The van der Waals surface area contributed by atoms with Gasteiger partial charge in [0.05, 0.1) is 48.8 Å². The summed E-state index contributed by atoms with van der Waals surface area (Å²) in [6.07, 6.45) is 4.00. The van der Waals surface area contributed by atoms with Crippen LogP contribution in [0.5, 0.6) is 0 Å². The van der Waals surface area contributed by atoms with E-state index in [1.165, 1.54) is 22.7 Å². The Balaban J connectivity index is 1.12. The summed E-state index contributed by atoms with van der Waals surface area (Å²) in [5.74, 6) is -0.743. The van der Waals surface area contributed by atoms with Crippen LogP contribution >= 0.6 is 22.7 Å². The number of carbonyl (C=O) groups excluding carboxylic acids is 2. The van der Waals surface area contributed by atoms with Gasteiger partial charge in [0.2, 0.25) is 0 Å². The van der Waals surface area contributed by atoms with Crippen LogP contribution in [0.2, 0.25) is 0 Å². The van der Waals surface area contributed by atoms with E-state index in [-0.39, 0.29) is 38.0 Å². The normalized spacial score (nSPS) is 10.7. The molecular weight excluding hydrogens is 460 g/mol. The number of nitrogens with zero attached hydrogens (tertiary/aromatic N) is 4. The van der Waals surface area contributed by atoms with Gasteiger partial charge in [-0.25, -0.2) is 9.97 Å². The van der Waals surface area contributed by atoms with E-state index in [4.69, 9.17) is 9.47 Å². The highest BCUT2D eigenvalue weighted by Gasteiger charge is 2.12. The summed E-state index contributed by atoms with van der Waals surface area (Å²) in [6.45, 7) is 0.341. The van der Waals surface area contributed by atoms with Gasteiger partial charge in [0, 0.05) is 29.6 Å². The molecule has 0 unspecified atom stereocenters. The SMILES string of the molecule is O=C(Cc1csc(-c2ccccn2)n1)OCCCOC(=O)Cc1csc(-c2ccccn2)n1. The molecule has 0 saturated heterocycles. The zero-order chi connectivity index (χ0) is 22.9. The first kappa shape index (κ1) is 22.7. The third-order valence-electron chi connectivity index (χ3n) is 4.34. The van der Waals surface area contributed by atoms with Crippen molar-refractivity contribution < 1.29 is 19.1 Å². The Morgan fingerprint density at radius 2 is 1.21 bits per heavy atom. The molecule has 8 nitrogen and oxygen atoms in total. The predicted octanol–water partition coefficient (Wildman–Crippen LogP) is 3.99. The van der Waals surface area contributed by atoms with Gasteiger partial charge in [-0.3, -0.25) is 19.6 Å². The Morgan fingerprint density at radius 1 is 0.727 bits per heavy atom. The minimum Gasteiger partial charge on any atom is -0.465 e. The number of ether oxygens (including phenoxy) is 2. The molecule has 4 heterocycles. The van der Waals surface area contributed by atoms with Crippen molar-refractivity contribution in [3.05, 3.63) is 70.9 Å². The van der Waals surface area contributed by atoms with Crippen molar-refractivity contribution in [1.29, 1.82) is 0 Å². The van der Waals surface area contributed by atoms with Crippen molar-refractivity contribution in [2.75, 3.05) is 13.2 Å². The molecule has 0 radical (unpaired) electrons. The van der Waals surface area contributed by atoms with E-state index in [9.17, 15) is 9.59 Å². The summed E-state index contributed by atoms with van der Waals surface area (Å²) < 4.78 is 10.4. The Labute approximate surface area is 198 Å². The van der Waals surface area contributed by atoms with Crippen LogP contribution in [0.25, 0.3) is 21.4 Å². The molecule has 0 fully saturated rings. The minimum atomic E-state index is -0.372. The minimum absolute atomic E-state index is 0.0888. The average molecular weight is 481 g/mol. The highest BCUT2D eigenvalue weighted by molar-refractivity contribution is 7.13. The lowest BCUT2D eigenvalue weighted by Gasteiger charge is -2.05. The van der Waals surface area contributed by atoms with E-state index in [0.717, 1.165) is 21.4 Å². The third-order valence-corrected chi connectivity index (χ3v) is 6.16. The third kappa shape index (κ3) is 6.74. The fourth-order valence-corrected chi connectivity index (χ4v) is 4.41. The van der Waals surface area contributed by atoms with E-state index in [1.54, 1.807) is 12.4 Å². The number of carbonyl (C=O) groups is 2. The molecule has 0 aromatic carbocycles. The van der Waals surface area contributed by atoms with Gasteiger partial charge in [-0.05, 0) is 24.3 Å². The van der Waals surface area contributed by atoms with Crippen molar-refractivity contribution >= 4 is 34.6 Å². The van der Waals surface area contributed by atoms with Gasteiger partial charge < -0.3 is 9.47 Å². The largest absolute Gasteiger partial charge is 0.465 e. The second-order valence-corrected chi connectivity index (χ2v) is 8.58. The van der Waals surface area contributed by atoms with Crippen LogP contribution in [-0.2, 0) is 31.9 Å². The number of hydrogen-bond acceptors (Lipinski definition) is 10. The fraction of sp³-hybridized carbons (Fsp3) is 0.217. The molecule has 4 rings (SSSR count). The van der Waals surface area contributed by atoms with Gasteiger partial charge in [0.25, 0.3) is 0 Å². The molecule has 4 aromatic heterocycles. The molecule has 0 bridgehead atoms. The van der Waals surface area contributed by atoms with Crippen molar-refractivity contribution in [1.82, 2.24) is 19.9 Å². The molecule has 0 spiro atoms. The van der Waals surface area contributed by atoms with Crippen LogP contribution in [-0.4, -0.2) is 45.1 Å². The van der Waals surface area contributed by atoms with Crippen LogP contribution in [0.15, 0.2) is 59.6 Å². The highest BCUT2D eigenvalue weighted by atomic mass is 32.1. The lowest BCUT2D eigenvalue weighted by atomic mass is 10.3. The molecule has 0 aliphatic carbocycles. The van der Waals surface area contributed by atoms with Gasteiger partial charge in [0.1, 0.15) is 10.0 Å². The first-order valence-electron chi connectivity index (χ1n) is 10.2. The monoisotopic (exact) mass is 480 g/mol. The summed E-state index contributed by atoms with van der Waals surface area (Å²) in [5, 5.41) is 5.17. The molecule has 168 valence electrons. The van der Waals surface area contributed by atoms with Gasteiger partial charge in [-0.1, -0.05) is 12.1 Å². The van der Waals surface area contributed by atoms with Crippen LogP contribution in [0.1, 0.15) is 17.8 Å². The maximum Gasteiger partial charge on any atom is 0.311 e. The smallest absolute Gasteiger partial charge is 0.311 e. The number of esters is 2. The maximum absolute atomic E-state index is 12.0. The van der Waals surface area contributed by atoms with Crippen LogP contribution < -0.4 is 0 Å². The molecule has 0 saturated carbocycles. The summed E-state index contributed by atoms with van der Waals surface area (Å²) in [4.78, 5) is 41.4. The van der Waals surface area contributed by atoms with Crippen molar-refractivity contribution in [3.63, 3.8) is 0 Å². The Morgan fingerprint density at radius 3 is 1.64 bits per heavy atom. The van der Waals surface area contributed by atoms with Gasteiger partial charge in [-0.15, -0.1) is 22.7 Å². The second-order valence-electron chi connectivity index (χ2n) is 6.87. The first-order valence-corrected chi connectivity index (χ1v) is 12.0. The Hall–Kier alpha value is -3.50. The van der Waals surface area contributed by atoms with Crippen LogP contribution in [0, 0.1) is 0 Å². The quantitative estimate of drug-likeness (QED) is 0.248. The highest BCUT2D eigenvalue weighted by Crippen LogP contribution is 2.22. The molecular formula is C23H20N4O4S2. The average Bonchev–Trinajstić information content (AvgIpc) is 3.50. The second kappa shape index (κ2) is 11.4. The summed E-state index contributed by atoms with van der Waals surface area (Å²) in [7, 11) is 0. The van der Waals surface area contributed by atoms with E-state index >= 15 is 0 Å².